The van der Waals surface area contributed by atoms with Gasteiger partial charge in [0.25, 0.3) is 0 Å². The Kier molecular flexibility index (Phi) is 3.35. The summed E-state index contributed by atoms with van der Waals surface area (Å²) in [6, 6.07) is 11.5. The molecule has 0 amide bonds. The summed E-state index contributed by atoms with van der Waals surface area (Å²) in [6.45, 7) is 0.181. The fraction of sp³-hybridized carbons (Fsp3) is 0.0667. The average Bonchev–Trinajstić information content (AvgIpc) is 2.85. The summed E-state index contributed by atoms with van der Waals surface area (Å²) in [5.74, 6) is -0.809. The molecule has 4 nitrogen and oxygen atoms in total. The number of nitro benzene ring substituents is 1. The molecule has 0 bridgehead atoms. The predicted octanol–water partition coefficient (Wildman–Crippen LogP) is 4.39. The van der Waals surface area contributed by atoms with Crippen LogP contribution >= 0.6 is 11.6 Å². The molecule has 3 aromatic rings. The molecule has 21 heavy (non-hydrogen) atoms. The van der Waals surface area contributed by atoms with Crippen molar-refractivity contribution >= 4 is 28.2 Å². The second-order valence-electron chi connectivity index (χ2n) is 4.63. The number of nitro groups is 1. The van der Waals surface area contributed by atoms with Crippen LogP contribution in [0, 0.1) is 15.9 Å². The van der Waals surface area contributed by atoms with E-state index >= 15 is 0 Å². The maximum atomic E-state index is 14.1. The summed E-state index contributed by atoms with van der Waals surface area (Å²) in [6.07, 6.45) is 1.79. The van der Waals surface area contributed by atoms with Gasteiger partial charge in [0.15, 0.2) is 0 Å². The fourth-order valence-electron chi connectivity index (χ4n) is 2.36. The number of hydrogen-bond acceptors (Lipinski definition) is 2. The van der Waals surface area contributed by atoms with Gasteiger partial charge in [-0.05, 0) is 12.1 Å². The normalized spacial score (nSPS) is 11.0. The molecule has 3 rings (SSSR count). The fourth-order valence-corrected chi connectivity index (χ4v) is 2.65. The van der Waals surface area contributed by atoms with Crippen molar-refractivity contribution < 1.29 is 9.31 Å². The van der Waals surface area contributed by atoms with Gasteiger partial charge in [-0.1, -0.05) is 35.9 Å². The molecule has 0 spiro atoms. The largest absolute Gasteiger partial charge is 0.342 e. The van der Waals surface area contributed by atoms with E-state index in [2.05, 4.69) is 0 Å². The number of para-hydroxylation sites is 1. The molecule has 0 aliphatic heterocycles. The standard InChI is InChI=1S/C15H10ClFN2O2/c16-12-5-1-3-10-7-8-18(15(10)12)9-11-4-2-6-13(14(11)17)19(20)21/h1-8H,9H2. The lowest BCUT2D eigenvalue weighted by Gasteiger charge is -2.08. The van der Waals surface area contributed by atoms with Gasteiger partial charge in [0.1, 0.15) is 0 Å². The Bertz CT molecular complexity index is 845. The molecule has 0 saturated carbocycles. The van der Waals surface area contributed by atoms with Crippen molar-refractivity contribution in [2.45, 2.75) is 6.54 Å². The molecule has 1 heterocycles. The highest BCUT2D eigenvalue weighted by atomic mass is 35.5. The monoisotopic (exact) mass is 304 g/mol. The molecule has 6 heteroatoms. The molecular formula is C15H10ClFN2O2. The minimum Gasteiger partial charge on any atom is -0.342 e. The number of rotatable bonds is 3. The Balaban J connectivity index is 2.07. The molecule has 0 fully saturated rings. The van der Waals surface area contributed by atoms with Crippen molar-refractivity contribution in [1.29, 1.82) is 0 Å². The third-order valence-corrected chi connectivity index (χ3v) is 3.64. The third-order valence-electron chi connectivity index (χ3n) is 3.33. The van der Waals surface area contributed by atoms with Gasteiger partial charge in [0.05, 0.1) is 22.0 Å². The maximum Gasteiger partial charge on any atom is 0.305 e. The lowest BCUT2D eigenvalue weighted by atomic mass is 10.2. The minimum absolute atomic E-state index is 0.181. The van der Waals surface area contributed by atoms with Crippen LogP contribution < -0.4 is 0 Å². The number of hydrogen-bond donors (Lipinski definition) is 0. The van der Waals surface area contributed by atoms with Crippen molar-refractivity contribution in [3.63, 3.8) is 0 Å². The summed E-state index contributed by atoms with van der Waals surface area (Å²) in [7, 11) is 0. The molecule has 0 unspecified atom stereocenters. The van der Waals surface area contributed by atoms with E-state index < -0.39 is 16.4 Å². The Morgan fingerprint density at radius 1 is 1.19 bits per heavy atom. The zero-order valence-corrected chi connectivity index (χ0v) is 11.5. The molecule has 0 radical (unpaired) electrons. The molecule has 0 aliphatic rings. The highest BCUT2D eigenvalue weighted by molar-refractivity contribution is 6.35. The second kappa shape index (κ2) is 5.18. The van der Waals surface area contributed by atoms with Crippen molar-refractivity contribution in [3.05, 3.63) is 75.2 Å². The molecule has 0 atom stereocenters. The van der Waals surface area contributed by atoms with Gasteiger partial charge in [-0.15, -0.1) is 0 Å². The average molecular weight is 305 g/mol. The van der Waals surface area contributed by atoms with Crippen molar-refractivity contribution in [2.24, 2.45) is 0 Å². The van der Waals surface area contributed by atoms with Gasteiger partial charge in [-0.3, -0.25) is 10.1 Å². The quantitative estimate of drug-likeness (QED) is 0.532. The van der Waals surface area contributed by atoms with Crippen LogP contribution in [0.3, 0.4) is 0 Å². The Morgan fingerprint density at radius 3 is 2.71 bits per heavy atom. The van der Waals surface area contributed by atoms with E-state index in [0.29, 0.717) is 5.02 Å². The summed E-state index contributed by atoms with van der Waals surface area (Å²) in [5, 5.41) is 12.3. The lowest BCUT2D eigenvalue weighted by Crippen LogP contribution is -2.03. The van der Waals surface area contributed by atoms with Crippen LogP contribution in [0.2, 0.25) is 5.02 Å². The van der Waals surface area contributed by atoms with Gasteiger partial charge >= 0.3 is 5.69 Å². The van der Waals surface area contributed by atoms with Crippen LogP contribution in [0.25, 0.3) is 10.9 Å². The molecule has 1 aromatic heterocycles. The van der Waals surface area contributed by atoms with E-state index in [0.717, 1.165) is 17.0 Å². The van der Waals surface area contributed by atoms with Gasteiger partial charge in [-0.25, -0.2) is 0 Å². The zero-order chi connectivity index (χ0) is 15.0. The topological polar surface area (TPSA) is 48.1 Å². The number of fused-ring (bicyclic) bond motifs is 1. The van der Waals surface area contributed by atoms with Crippen LogP contribution in [0.1, 0.15) is 5.56 Å². The third kappa shape index (κ3) is 2.36. The van der Waals surface area contributed by atoms with Gasteiger partial charge in [0.2, 0.25) is 5.82 Å². The number of nitrogens with zero attached hydrogens (tertiary/aromatic N) is 2. The van der Waals surface area contributed by atoms with E-state index in [1.807, 2.05) is 18.2 Å². The first-order valence-corrected chi connectivity index (χ1v) is 6.61. The first-order valence-electron chi connectivity index (χ1n) is 6.23. The second-order valence-corrected chi connectivity index (χ2v) is 5.04. The number of benzene rings is 2. The minimum atomic E-state index is -0.809. The Labute approximate surface area is 124 Å². The molecule has 0 aliphatic carbocycles. The van der Waals surface area contributed by atoms with E-state index in [9.17, 15) is 14.5 Å². The maximum absolute atomic E-state index is 14.1. The Hall–Kier alpha value is -2.40. The SMILES string of the molecule is O=[N+]([O-])c1cccc(Cn2ccc3cccc(Cl)c32)c1F. The first-order chi connectivity index (χ1) is 10.1. The smallest absolute Gasteiger partial charge is 0.305 e. The van der Waals surface area contributed by atoms with Gasteiger partial charge in [0, 0.05) is 23.2 Å². The Morgan fingerprint density at radius 2 is 1.95 bits per heavy atom. The molecular weight excluding hydrogens is 295 g/mol. The molecule has 0 N–H and O–H groups in total. The van der Waals surface area contributed by atoms with E-state index in [1.54, 1.807) is 16.8 Å². The first kappa shape index (κ1) is 13.6. The zero-order valence-electron chi connectivity index (χ0n) is 10.8. The molecule has 106 valence electrons. The predicted molar refractivity (Wildman–Crippen MR) is 79.1 cm³/mol. The van der Waals surface area contributed by atoms with Crippen molar-refractivity contribution in [3.8, 4) is 0 Å². The van der Waals surface area contributed by atoms with Crippen LogP contribution in [-0.2, 0) is 6.54 Å². The van der Waals surface area contributed by atoms with Gasteiger partial charge < -0.3 is 4.57 Å². The van der Waals surface area contributed by atoms with Gasteiger partial charge in [-0.2, -0.15) is 4.39 Å². The number of halogens is 2. The highest BCUT2D eigenvalue weighted by Crippen LogP contribution is 2.27. The molecule has 0 saturated heterocycles. The summed E-state index contributed by atoms with van der Waals surface area (Å²) < 4.78 is 15.9. The van der Waals surface area contributed by atoms with Crippen molar-refractivity contribution in [1.82, 2.24) is 4.57 Å². The lowest BCUT2D eigenvalue weighted by molar-refractivity contribution is -0.387. The summed E-state index contributed by atoms with van der Waals surface area (Å²) >= 11 is 6.17. The highest BCUT2D eigenvalue weighted by Gasteiger charge is 2.17. The van der Waals surface area contributed by atoms with Crippen LogP contribution in [0.15, 0.2) is 48.7 Å². The van der Waals surface area contributed by atoms with Crippen LogP contribution in [-0.4, -0.2) is 9.49 Å². The summed E-state index contributed by atoms with van der Waals surface area (Å²) in [4.78, 5) is 10.1. The van der Waals surface area contributed by atoms with Crippen molar-refractivity contribution in [2.75, 3.05) is 0 Å². The van der Waals surface area contributed by atoms with E-state index in [1.165, 1.54) is 12.1 Å². The number of aromatic nitrogens is 1. The summed E-state index contributed by atoms with van der Waals surface area (Å²) in [5.41, 5.74) is 0.516. The van der Waals surface area contributed by atoms with E-state index in [-0.39, 0.29) is 12.1 Å². The molecule has 2 aromatic carbocycles. The van der Waals surface area contributed by atoms with Crippen LogP contribution in [0.4, 0.5) is 10.1 Å². The van der Waals surface area contributed by atoms with E-state index in [4.69, 9.17) is 11.6 Å². The van der Waals surface area contributed by atoms with Crippen LogP contribution in [0.5, 0.6) is 0 Å².